The van der Waals surface area contributed by atoms with Gasteiger partial charge in [-0.15, -0.1) is 0 Å². The average Bonchev–Trinajstić information content (AvgIpc) is 2.35. The van der Waals surface area contributed by atoms with Gasteiger partial charge in [0.25, 0.3) is 0 Å². The van der Waals surface area contributed by atoms with Gasteiger partial charge < -0.3 is 15.1 Å². The second-order valence-electron chi connectivity index (χ2n) is 4.22. The van der Waals surface area contributed by atoms with Crippen LogP contribution in [0, 0.1) is 5.82 Å². The van der Waals surface area contributed by atoms with Crippen molar-refractivity contribution in [3.63, 3.8) is 0 Å². The van der Waals surface area contributed by atoms with Crippen LogP contribution < -0.4 is 0 Å². The number of rotatable bonds is 6. The van der Waals surface area contributed by atoms with Crippen molar-refractivity contribution in [1.82, 2.24) is 9.88 Å². The summed E-state index contributed by atoms with van der Waals surface area (Å²) in [7, 11) is 1.88. The molecule has 0 spiro atoms. The van der Waals surface area contributed by atoms with Gasteiger partial charge in [-0.1, -0.05) is 0 Å². The fourth-order valence-electron chi connectivity index (χ4n) is 1.42. The summed E-state index contributed by atoms with van der Waals surface area (Å²) in [6, 6.07) is 2.82. The highest BCUT2D eigenvalue weighted by atomic mass is 19.1. The smallest absolute Gasteiger partial charge is 0.141 e. The summed E-state index contributed by atoms with van der Waals surface area (Å²) in [6.45, 7) is 2.63. The van der Waals surface area contributed by atoms with Crippen LogP contribution in [0.3, 0.4) is 0 Å². The van der Waals surface area contributed by atoms with E-state index in [1.807, 2.05) is 18.9 Å². The lowest BCUT2D eigenvalue weighted by atomic mass is 10.1. The highest BCUT2D eigenvalue weighted by Crippen LogP contribution is 2.14. The zero-order chi connectivity index (χ0) is 12.8. The van der Waals surface area contributed by atoms with Crippen molar-refractivity contribution in [2.45, 2.75) is 25.5 Å². The molecule has 0 amide bonds. The number of pyridine rings is 1. The maximum absolute atomic E-state index is 12.6. The van der Waals surface area contributed by atoms with Crippen LogP contribution in [0.1, 0.15) is 25.1 Å². The first-order valence-electron chi connectivity index (χ1n) is 5.65. The van der Waals surface area contributed by atoms with Crippen LogP contribution in [0.25, 0.3) is 0 Å². The number of aliphatic hydroxyl groups excluding tert-OH is 2. The topological polar surface area (TPSA) is 56.6 Å². The maximum atomic E-state index is 12.6. The summed E-state index contributed by atoms with van der Waals surface area (Å²) >= 11 is 0. The predicted octanol–water partition coefficient (Wildman–Crippen LogP) is 0.957. The summed E-state index contributed by atoms with van der Waals surface area (Å²) in [5, 5.41) is 18.8. The van der Waals surface area contributed by atoms with E-state index in [9.17, 15) is 9.50 Å². The number of hydrogen-bond acceptors (Lipinski definition) is 4. The van der Waals surface area contributed by atoms with E-state index in [4.69, 9.17) is 5.11 Å². The second kappa shape index (κ2) is 6.64. The number of hydrogen-bond donors (Lipinski definition) is 2. The van der Waals surface area contributed by atoms with E-state index in [2.05, 4.69) is 4.98 Å². The molecule has 96 valence electrons. The molecular weight excluding hydrogens is 223 g/mol. The summed E-state index contributed by atoms with van der Waals surface area (Å²) in [6.07, 6.45) is 0.891. The molecule has 2 atom stereocenters. The molecule has 17 heavy (non-hydrogen) atoms. The van der Waals surface area contributed by atoms with E-state index in [0.29, 0.717) is 18.7 Å². The second-order valence-corrected chi connectivity index (χ2v) is 4.22. The van der Waals surface area contributed by atoms with Crippen molar-refractivity contribution >= 4 is 0 Å². The van der Waals surface area contributed by atoms with Crippen LogP contribution in [-0.4, -0.2) is 46.3 Å². The normalized spacial score (nSPS) is 14.9. The first-order valence-corrected chi connectivity index (χ1v) is 5.65. The lowest BCUT2D eigenvalue weighted by molar-refractivity contribution is 0.115. The first-order chi connectivity index (χ1) is 8.04. The number of aliphatic hydroxyl groups is 2. The van der Waals surface area contributed by atoms with Crippen LogP contribution in [0.15, 0.2) is 18.3 Å². The Morgan fingerprint density at radius 2 is 2.18 bits per heavy atom. The van der Waals surface area contributed by atoms with E-state index >= 15 is 0 Å². The zero-order valence-electron chi connectivity index (χ0n) is 10.2. The minimum absolute atomic E-state index is 0.0587. The Morgan fingerprint density at radius 3 is 2.71 bits per heavy atom. The fourth-order valence-corrected chi connectivity index (χ4v) is 1.42. The highest BCUT2D eigenvalue weighted by molar-refractivity contribution is 5.07. The van der Waals surface area contributed by atoms with E-state index in [1.165, 1.54) is 12.1 Å². The number of likely N-dealkylation sites (N-methyl/N-ethyl adjacent to an activating group) is 1. The lowest BCUT2D eigenvalue weighted by Gasteiger charge is -2.23. The molecule has 0 radical (unpaired) electrons. The molecule has 0 saturated heterocycles. The van der Waals surface area contributed by atoms with Crippen LogP contribution in [0.5, 0.6) is 0 Å². The molecule has 1 heterocycles. The fraction of sp³-hybridized carbons (Fsp3) is 0.583. The first kappa shape index (κ1) is 14.0. The van der Waals surface area contributed by atoms with Gasteiger partial charge in [-0.25, -0.2) is 4.39 Å². The predicted molar refractivity (Wildman–Crippen MR) is 62.9 cm³/mol. The molecule has 0 aromatic carbocycles. The minimum atomic E-state index is -0.705. The van der Waals surface area contributed by atoms with Gasteiger partial charge in [-0.3, -0.25) is 4.98 Å². The monoisotopic (exact) mass is 242 g/mol. The Kier molecular flexibility index (Phi) is 5.47. The van der Waals surface area contributed by atoms with E-state index in [1.54, 1.807) is 0 Å². The van der Waals surface area contributed by atoms with Crippen molar-refractivity contribution in [1.29, 1.82) is 0 Å². The third kappa shape index (κ3) is 4.38. The van der Waals surface area contributed by atoms with E-state index < -0.39 is 11.9 Å². The molecule has 5 heteroatoms. The van der Waals surface area contributed by atoms with Gasteiger partial charge in [-0.2, -0.15) is 0 Å². The Hall–Kier alpha value is -1.04. The number of nitrogens with zero attached hydrogens (tertiary/aromatic N) is 2. The van der Waals surface area contributed by atoms with Crippen LogP contribution in [0.2, 0.25) is 0 Å². The van der Waals surface area contributed by atoms with Gasteiger partial charge in [0.05, 0.1) is 24.6 Å². The molecule has 0 aliphatic rings. The molecule has 1 aromatic heterocycles. The van der Waals surface area contributed by atoms with Crippen molar-refractivity contribution in [3.05, 3.63) is 29.8 Å². The SMILES string of the molecule is CC(CO)N(C)CCC(O)c1ccc(F)cn1. The summed E-state index contributed by atoms with van der Waals surface area (Å²) in [5.74, 6) is -0.410. The molecule has 1 rings (SSSR count). The molecule has 0 saturated carbocycles. The zero-order valence-corrected chi connectivity index (χ0v) is 10.2. The minimum Gasteiger partial charge on any atom is -0.395 e. The van der Waals surface area contributed by atoms with Crippen molar-refractivity contribution in [3.8, 4) is 0 Å². The number of halogens is 1. The Bertz CT molecular complexity index is 332. The van der Waals surface area contributed by atoms with Gasteiger partial charge in [0, 0.05) is 12.6 Å². The highest BCUT2D eigenvalue weighted by Gasteiger charge is 2.13. The third-order valence-corrected chi connectivity index (χ3v) is 2.86. The van der Waals surface area contributed by atoms with Gasteiger partial charge in [0.2, 0.25) is 0 Å². The summed E-state index contributed by atoms with van der Waals surface area (Å²) in [5.41, 5.74) is 0.469. The molecule has 0 fully saturated rings. The van der Waals surface area contributed by atoms with Crippen LogP contribution in [0.4, 0.5) is 4.39 Å². The van der Waals surface area contributed by atoms with E-state index in [0.717, 1.165) is 6.20 Å². The van der Waals surface area contributed by atoms with Gasteiger partial charge in [0.1, 0.15) is 5.82 Å². The molecule has 0 bridgehead atoms. The quantitative estimate of drug-likeness (QED) is 0.780. The third-order valence-electron chi connectivity index (χ3n) is 2.86. The standard InChI is InChI=1S/C12H19FN2O2/c1-9(8-16)15(2)6-5-12(17)11-4-3-10(13)7-14-11/h3-4,7,9,12,16-17H,5-6,8H2,1-2H3. The van der Waals surface area contributed by atoms with Gasteiger partial charge in [-0.05, 0) is 32.5 Å². The largest absolute Gasteiger partial charge is 0.395 e. The molecule has 1 aromatic rings. The van der Waals surface area contributed by atoms with Gasteiger partial charge >= 0.3 is 0 Å². The number of aromatic nitrogens is 1. The molecule has 2 unspecified atom stereocenters. The Morgan fingerprint density at radius 1 is 1.47 bits per heavy atom. The molecule has 4 nitrogen and oxygen atoms in total. The Balaban J connectivity index is 2.44. The maximum Gasteiger partial charge on any atom is 0.141 e. The molecular formula is C12H19FN2O2. The molecule has 0 aliphatic carbocycles. The summed E-state index contributed by atoms with van der Waals surface area (Å²) in [4.78, 5) is 5.78. The van der Waals surface area contributed by atoms with Crippen LogP contribution in [-0.2, 0) is 0 Å². The average molecular weight is 242 g/mol. The van der Waals surface area contributed by atoms with Gasteiger partial charge in [0.15, 0.2) is 0 Å². The Labute approximate surface area is 101 Å². The van der Waals surface area contributed by atoms with Crippen LogP contribution >= 0.6 is 0 Å². The van der Waals surface area contributed by atoms with Crippen molar-refractivity contribution in [2.24, 2.45) is 0 Å². The van der Waals surface area contributed by atoms with Crippen molar-refractivity contribution < 1.29 is 14.6 Å². The molecule has 2 N–H and O–H groups in total. The summed E-state index contributed by atoms with van der Waals surface area (Å²) < 4.78 is 12.6. The van der Waals surface area contributed by atoms with E-state index in [-0.39, 0.29) is 12.6 Å². The van der Waals surface area contributed by atoms with Crippen molar-refractivity contribution in [2.75, 3.05) is 20.2 Å². The lowest BCUT2D eigenvalue weighted by Crippen LogP contribution is -2.33. The molecule has 0 aliphatic heterocycles.